The lowest BCUT2D eigenvalue weighted by molar-refractivity contribution is 0.0852. The Kier molecular flexibility index (Phi) is 2.95. The van der Waals surface area contributed by atoms with Crippen LogP contribution in [0.1, 0.15) is 28.9 Å². The standard InChI is InChI=1S/C12H17N3O3/c1-8-10(14-15-4-6-18-12(8)15)11(16)13-7-9-3-2-5-17-9/h9H,2-7H2,1H3,(H,13,16). The maximum absolute atomic E-state index is 12.0. The van der Waals surface area contributed by atoms with Crippen molar-refractivity contribution in [2.45, 2.75) is 32.4 Å². The Bertz CT molecular complexity index is 463. The molecule has 0 bridgehead atoms. The first kappa shape index (κ1) is 11.5. The molecular formula is C12H17N3O3. The first-order chi connectivity index (χ1) is 8.75. The van der Waals surface area contributed by atoms with Gasteiger partial charge < -0.3 is 14.8 Å². The average Bonchev–Trinajstić information content (AvgIpc) is 3.05. The summed E-state index contributed by atoms with van der Waals surface area (Å²) in [6.07, 6.45) is 2.24. The maximum Gasteiger partial charge on any atom is 0.272 e. The number of fused-ring (bicyclic) bond motifs is 1. The van der Waals surface area contributed by atoms with Gasteiger partial charge in [-0.3, -0.25) is 4.79 Å². The van der Waals surface area contributed by atoms with Crippen LogP contribution >= 0.6 is 0 Å². The predicted octanol–water partition coefficient (Wildman–Crippen LogP) is 0.493. The van der Waals surface area contributed by atoms with Crippen LogP contribution in [0.25, 0.3) is 0 Å². The number of carbonyl (C=O) groups is 1. The van der Waals surface area contributed by atoms with Gasteiger partial charge in [0.1, 0.15) is 6.61 Å². The van der Waals surface area contributed by atoms with Crippen molar-refractivity contribution in [1.82, 2.24) is 15.1 Å². The van der Waals surface area contributed by atoms with Crippen LogP contribution in [0.5, 0.6) is 5.88 Å². The minimum absolute atomic E-state index is 0.145. The molecule has 0 radical (unpaired) electrons. The third kappa shape index (κ3) is 1.96. The number of rotatable bonds is 3. The summed E-state index contributed by atoms with van der Waals surface area (Å²) in [6.45, 7) is 4.58. The van der Waals surface area contributed by atoms with Crippen LogP contribution in [-0.2, 0) is 11.3 Å². The van der Waals surface area contributed by atoms with Crippen LogP contribution in [0.2, 0.25) is 0 Å². The molecule has 2 aliphatic heterocycles. The smallest absolute Gasteiger partial charge is 0.272 e. The van der Waals surface area contributed by atoms with E-state index in [0.717, 1.165) is 37.4 Å². The molecule has 1 unspecified atom stereocenters. The lowest BCUT2D eigenvalue weighted by Gasteiger charge is -2.10. The molecule has 1 amide bonds. The molecule has 3 rings (SSSR count). The largest absolute Gasteiger partial charge is 0.476 e. The van der Waals surface area contributed by atoms with Crippen molar-refractivity contribution < 1.29 is 14.3 Å². The van der Waals surface area contributed by atoms with E-state index in [0.29, 0.717) is 18.8 Å². The fourth-order valence-corrected chi connectivity index (χ4v) is 2.41. The van der Waals surface area contributed by atoms with Gasteiger partial charge in [-0.25, -0.2) is 4.68 Å². The summed E-state index contributed by atoms with van der Waals surface area (Å²) in [7, 11) is 0. The van der Waals surface area contributed by atoms with E-state index in [1.165, 1.54) is 0 Å². The van der Waals surface area contributed by atoms with E-state index in [4.69, 9.17) is 9.47 Å². The van der Waals surface area contributed by atoms with Crippen molar-refractivity contribution in [1.29, 1.82) is 0 Å². The summed E-state index contributed by atoms with van der Waals surface area (Å²) in [4.78, 5) is 12.0. The average molecular weight is 251 g/mol. The Balaban J connectivity index is 1.65. The summed E-state index contributed by atoms with van der Waals surface area (Å²) in [6, 6.07) is 0. The van der Waals surface area contributed by atoms with E-state index >= 15 is 0 Å². The van der Waals surface area contributed by atoms with Crippen molar-refractivity contribution in [2.24, 2.45) is 0 Å². The van der Waals surface area contributed by atoms with Gasteiger partial charge in [-0.05, 0) is 19.8 Å². The van der Waals surface area contributed by atoms with E-state index in [9.17, 15) is 4.79 Å². The van der Waals surface area contributed by atoms with E-state index in [-0.39, 0.29) is 12.0 Å². The topological polar surface area (TPSA) is 65.4 Å². The Morgan fingerprint density at radius 2 is 2.44 bits per heavy atom. The van der Waals surface area contributed by atoms with Crippen LogP contribution in [0.15, 0.2) is 0 Å². The van der Waals surface area contributed by atoms with Gasteiger partial charge in [0.2, 0.25) is 5.88 Å². The number of amides is 1. The van der Waals surface area contributed by atoms with Crippen LogP contribution in [0.3, 0.4) is 0 Å². The third-order valence-electron chi connectivity index (χ3n) is 3.40. The van der Waals surface area contributed by atoms with Crippen molar-refractivity contribution >= 4 is 5.91 Å². The van der Waals surface area contributed by atoms with Crippen molar-refractivity contribution in [2.75, 3.05) is 19.8 Å². The summed E-state index contributed by atoms with van der Waals surface area (Å²) in [5, 5.41) is 7.15. The molecule has 1 aromatic heterocycles. The van der Waals surface area contributed by atoms with Gasteiger partial charge in [0.05, 0.1) is 12.6 Å². The predicted molar refractivity (Wildman–Crippen MR) is 63.8 cm³/mol. The third-order valence-corrected chi connectivity index (χ3v) is 3.40. The van der Waals surface area contributed by atoms with E-state index < -0.39 is 0 Å². The number of hydrogen-bond donors (Lipinski definition) is 1. The second kappa shape index (κ2) is 4.61. The number of carbonyl (C=O) groups excluding carboxylic acids is 1. The zero-order valence-corrected chi connectivity index (χ0v) is 10.4. The molecule has 1 saturated heterocycles. The molecule has 1 N–H and O–H groups in total. The van der Waals surface area contributed by atoms with Crippen LogP contribution < -0.4 is 10.1 Å². The van der Waals surface area contributed by atoms with Crippen molar-refractivity contribution in [3.63, 3.8) is 0 Å². The van der Waals surface area contributed by atoms with Gasteiger partial charge in [-0.1, -0.05) is 0 Å². The lowest BCUT2D eigenvalue weighted by Crippen LogP contribution is -2.32. The molecule has 6 heteroatoms. The molecule has 0 spiro atoms. The van der Waals surface area contributed by atoms with Gasteiger partial charge in [0.25, 0.3) is 5.91 Å². The highest BCUT2D eigenvalue weighted by molar-refractivity contribution is 5.94. The highest BCUT2D eigenvalue weighted by Gasteiger charge is 2.25. The summed E-state index contributed by atoms with van der Waals surface area (Å²) < 4.78 is 12.6. The fraction of sp³-hybridized carbons (Fsp3) is 0.667. The molecule has 0 aromatic carbocycles. The molecule has 98 valence electrons. The lowest BCUT2D eigenvalue weighted by atomic mass is 10.2. The van der Waals surface area contributed by atoms with Gasteiger partial charge in [-0.15, -0.1) is 0 Å². The van der Waals surface area contributed by atoms with Crippen molar-refractivity contribution in [3.05, 3.63) is 11.3 Å². The zero-order chi connectivity index (χ0) is 12.5. The Labute approximate surface area is 105 Å². The Hall–Kier alpha value is -1.56. The molecule has 18 heavy (non-hydrogen) atoms. The normalized spacial score (nSPS) is 21.7. The van der Waals surface area contributed by atoms with Gasteiger partial charge >= 0.3 is 0 Å². The Morgan fingerprint density at radius 1 is 1.56 bits per heavy atom. The number of ether oxygens (including phenoxy) is 2. The van der Waals surface area contributed by atoms with E-state index in [1.54, 1.807) is 4.68 Å². The van der Waals surface area contributed by atoms with E-state index in [1.807, 2.05) is 6.92 Å². The maximum atomic E-state index is 12.0. The molecule has 1 atom stereocenters. The zero-order valence-electron chi connectivity index (χ0n) is 10.4. The fourth-order valence-electron chi connectivity index (χ4n) is 2.41. The number of nitrogens with one attached hydrogen (secondary N) is 1. The van der Waals surface area contributed by atoms with Gasteiger partial charge in [0, 0.05) is 18.7 Å². The van der Waals surface area contributed by atoms with Crippen molar-refractivity contribution in [3.8, 4) is 5.88 Å². The molecule has 1 aromatic rings. The first-order valence-corrected chi connectivity index (χ1v) is 6.35. The monoisotopic (exact) mass is 251 g/mol. The van der Waals surface area contributed by atoms with Gasteiger partial charge in [-0.2, -0.15) is 5.10 Å². The molecular weight excluding hydrogens is 234 g/mol. The van der Waals surface area contributed by atoms with Crippen LogP contribution in [-0.4, -0.2) is 41.6 Å². The highest BCUT2D eigenvalue weighted by atomic mass is 16.5. The van der Waals surface area contributed by atoms with Crippen LogP contribution in [0.4, 0.5) is 0 Å². The number of nitrogens with zero attached hydrogens (tertiary/aromatic N) is 2. The van der Waals surface area contributed by atoms with Gasteiger partial charge in [0.15, 0.2) is 5.69 Å². The minimum Gasteiger partial charge on any atom is -0.476 e. The summed E-state index contributed by atoms with van der Waals surface area (Å²) in [5.41, 5.74) is 1.28. The molecule has 0 saturated carbocycles. The molecule has 0 aliphatic carbocycles. The van der Waals surface area contributed by atoms with Crippen LogP contribution in [0, 0.1) is 6.92 Å². The quantitative estimate of drug-likeness (QED) is 0.849. The summed E-state index contributed by atoms with van der Waals surface area (Å²) in [5.74, 6) is 0.575. The first-order valence-electron chi connectivity index (χ1n) is 6.35. The Morgan fingerprint density at radius 3 is 3.17 bits per heavy atom. The second-order valence-electron chi connectivity index (χ2n) is 4.70. The molecule has 2 aliphatic rings. The second-order valence-corrected chi connectivity index (χ2v) is 4.70. The number of hydrogen-bond acceptors (Lipinski definition) is 4. The summed E-state index contributed by atoms with van der Waals surface area (Å²) >= 11 is 0. The van der Waals surface area contributed by atoms with E-state index in [2.05, 4.69) is 10.4 Å². The SMILES string of the molecule is Cc1c(C(=O)NCC2CCCO2)nn2c1OCC2. The molecule has 1 fully saturated rings. The minimum atomic E-state index is -0.145. The molecule has 3 heterocycles. The molecule has 6 nitrogen and oxygen atoms in total. The number of aromatic nitrogens is 2. The highest BCUT2D eigenvalue weighted by Crippen LogP contribution is 2.25.